The number of hydrogen-bond acceptors (Lipinski definition) is 3. The number of H-pyrrole nitrogens is 1. The monoisotopic (exact) mass is 363 g/mol. The molecule has 0 unspecified atom stereocenters. The number of carbonyl (C=O) groups excluding carboxylic acids is 1. The molecule has 0 radical (unpaired) electrons. The molecular weight excluding hydrogens is 342 g/mol. The summed E-state index contributed by atoms with van der Waals surface area (Å²) in [5.74, 6) is 0.759. The van der Waals surface area contributed by atoms with Gasteiger partial charge in [0.2, 0.25) is 5.91 Å². The summed E-state index contributed by atoms with van der Waals surface area (Å²) in [5, 5.41) is 1.03. The van der Waals surface area contributed by atoms with Crippen molar-refractivity contribution >= 4 is 27.9 Å². The predicted molar refractivity (Wildman–Crippen MR) is 105 cm³/mol. The molecule has 0 aliphatic heterocycles. The first-order valence-corrected chi connectivity index (χ1v) is 8.99. The van der Waals surface area contributed by atoms with Gasteiger partial charge in [0, 0.05) is 31.0 Å². The van der Waals surface area contributed by atoms with E-state index in [9.17, 15) is 9.59 Å². The maximum absolute atomic E-state index is 12.8. The zero-order valence-corrected chi connectivity index (χ0v) is 15.4. The number of likely N-dealkylation sites (N-methyl/N-ethyl adjacent to an activating group) is 1. The van der Waals surface area contributed by atoms with Crippen molar-refractivity contribution in [1.29, 1.82) is 0 Å². The number of amides is 1. The standard InChI is InChI=1S/C21H21N3O3/c1-3-18-15(14-8-4-7-11-19(14)27-18)12-23(2)20(25)13-24-17-10-6-5-9-16(17)22-21(24)26/h4-11H,3,12-13H2,1-2H3,(H,22,26). The van der Waals surface area contributed by atoms with Crippen LogP contribution in [0.25, 0.3) is 22.0 Å². The van der Waals surface area contributed by atoms with Gasteiger partial charge in [-0.25, -0.2) is 4.79 Å². The summed E-state index contributed by atoms with van der Waals surface area (Å²) < 4.78 is 7.39. The number of nitrogens with zero attached hydrogens (tertiary/aromatic N) is 2. The molecule has 6 heteroatoms. The molecule has 0 atom stereocenters. The van der Waals surface area contributed by atoms with Crippen LogP contribution in [-0.4, -0.2) is 27.4 Å². The first-order valence-electron chi connectivity index (χ1n) is 8.99. The van der Waals surface area contributed by atoms with Crippen molar-refractivity contribution in [1.82, 2.24) is 14.5 Å². The Labute approximate surface area is 156 Å². The summed E-state index contributed by atoms with van der Waals surface area (Å²) in [6.45, 7) is 2.47. The van der Waals surface area contributed by atoms with E-state index in [1.54, 1.807) is 11.9 Å². The molecule has 2 aromatic heterocycles. The van der Waals surface area contributed by atoms with Gasteiger partial charge in [0.1, 0.15) is 17.9 Å². The summed E-state index contributed by atoms with van der Waals surface area (Å²) in [4.78, 5) is 29.4. The molecule has 0 saturated heterocycles. The van der Waals surface area contributed by atoms with Gasteiger partial charge in [-0.05, 0) is 18.2 Å². The van der Waals surface area contributed by atoms with Gasteiger partial charge in [-0.3, -0.25) is 9.36 Å². The summed E-state index contributed by atoms with van der Waals surface area (Å²) >= 11 is 0. The van der Waals surface area contributed by atoms with E-state index < -0.39 is 0 Å². The number of imidazole rings is 1. The molecule has 1 N–H and O–H groups in total. The second-order valence-corrected chi connectivity index (χ2v) is 6.64. The second kappa shape index (κ2) is 6.79. The largest absolute Gasteiger partial charge is 0.461 e. The Bertz CT molecular complexity index is 1180. The van der Waals surface area contributed by atoms with Crippen molar-refractivity contribution in [3.63, 3.8) is 0 Å². The van der Waals surface area contributed by atoms with Crippen LogP contribution in [-0.2, 0) is 24.3 Å². The molecule has 1 amide bonds. The number of aromatic nitrogens is 2. The molecule has 27 heavy (non-hydrogen) atoms. The lowest BCUT2D eigenvalue weighted by Gasteiger charge is -2.17. The smallest absolute Gasteiger partial charge is 0.326 e. The molecule has 0 bridgehead atoms. The van der Waals surface area contributed by atoms with Gasteiger partial charge >= 0.3 is 5.69 Å². The molecule has 6 nitrogen and oxygen atoms in total. The average Bonchev–Trinajstić information content (AvgIpc) is 3.19. The Hall–Kier alpha value is -3.28. The highest BCUT2D eigenvalue weighted by Gasteiger charge is 2.18. The van der Waals surface area contributed by atoms with E-state index in [4.69, 9.17) is 4.42 Å². The molecule has 0 fully saturated rings. The van der Waals surface area contributed by atoms with Crippen molar-refractivity contribution in [3.8, 4) is 0 Å². The molecule has 2 heterocycles. The van der Waals surface area contributed by atoms with Gasteiger partial charge in [0.25, 0.3) is 0 Å². The topological polar surface area (TPSA) is 71.2 Å². The fourth-order valence-electron chi connectivity index (χ4n) is 3.45. The van der Waals surface area contributed by atoms with Gasteiger partial charge in [-0.2, -0.15) is 0 Å². The van der Waals surface area contributed by atoms with Gasteiger partial charge in [-0.1, -0.05) is 37.3 Å². The molecule has 2 aromatic carbocycles. The number of para-hydroxylation sites is 3. The third kappa shape index (κ3) is 3.03. The number of carbonyl (C=O) groups is 1. The van der Waals surface area contributed by atoms with Crippen LogP contribution in [0.1, 0.15) is 18.2 Å². The highest BCUT2D eigenvalue weighted by molar-refractivity contribution is 5.84. The van der Waals surface area contributed by atoms with E-state index in [1.807, 2.05) is 55.5 Å². The van der Waals surface area contributed by atoms with E-state index in [-0.39, 0.29) is 18.1 Å². The van der Waals surface area contributed by atoms with Crippen molar-refractivity contribution in [2.75, 3.05) is 7.05 Å². The van der Waals surface area contributed by atoms with Gasteiger partial charge in [0.15, 0.2) is 0 Å². The molecule has 0 aliphatic carbocycles. The number of aromatic amines is 1. The highest BCUT2D eigenvalue weighted by atomic mass is 16.3. The van der Waals surface area contributed by atoms with E-state index in [0.717, 1.165) is 39.7 Å². The molecule has 138 valence electrons. The van der Waals surface area contributed by atoms with Crippen LogP contribution in [0.5, 0.6) is 0 Å². The molecule has 4 aromatic rings. The van der Waals surface area contributed by atoms with Crippen LogP contribution >= 0.6 is 0 Å². The minimum Gasteiger partial charge on any atom is -0.461 e. The van der Waals surface area contributed by atoms with Crippen molar-refractivity contribution in [2.45, 2.75) is 26.4 Å². The van der Waals surface area contributed by atoms with Gasteiger partial charge < -0.3 is 14.3 Å². The number of fused-ring (bicyclic) bond motifs is 2. The highest BCUT2D eigenvalue weighted by Crippen LogP contribution is 2.27. The number of furan rings is 1. The zero-order chi connectivity index (χ0) is 19.0. The Balaban J connectivity index is 1.60. The summed E-state index contributed by atoms with van der Waals surface area (Å²) in [6.07, 6.45) is 0.758. The van der Waals surface area contributed by atoms with Gasteiger partial charge in [0.05, 0.1) is 11.0 Å². The normalized spacial score (nSPS) is 11.3. The quantitative estimate of drug-likeness (QED) is 0.591. The number of nitrogens with one attached hydrogen (secondary N) is 1. The Morgan fingerprint density at radius 1 is 1.15 bits per heavy atom. The van der Waals surface area contributed by atoms with E-state index in [0.29, 0.717) is 6.54 Å². The average molecular weight is 363 g/mol. The van der Waals surface area contributed by atoms with Crippen molar-refractivity contribution in [2.24, 2.45) is 0 Å². The second-order valence-electron chi connectivity index (χ2n) is 6.64. The fourth-order valence-corrected chi connectivity index (χ4v) is 3.45. The number of benzene rings is 2. The Morgan fingerprint density at radius 2 is 1.89 bits per heavy atom. The van der Waals surface area contributed by atoms with Crippen molar-refractivity contribution < 1.29 is 9.21 Å². The van der Waals surface area contributed by atoms with Crippen LogP contribution in [0.2, 0.25) is 0 Å². The first-order chi connectivity index (χ1) is 13.1. The van der Waals surface area contributed by atoms with Gasteiger partial charge in [-0.15, -0.1) is 0 Å². The fraction of sp³-hybridized carbons (Fsp3) is 0.238. The van der Waals surface area contributed by atoms with Crippen LogP contribution in [0.3, 0.4) is 0 Å². The summed E-state index contributed by atoms with van der Waals surface area (Å²) in [5.41, 5.74) is 3.04. The molecule has 0 saturated carbocycles. The SMILES string of the molecule is CCc1oc2ccccc2c1CN(C)C(=O)Cn1c(=O)[nH]c2ccccc21. The predicted octanol–water partition coefficient (Wildman–Crippen LogP) is 3.30. The summed E-state index contributed by atoms with van der Waals surface area (Å²) in [7, 11) is 1.75. The molecule has 0 spiro atoms. The first kappa shape index (κ1) is 17.1. The molecular formula is C21H21N3O3. The zero-order valence-electron chi connectivity index (χ0n) is 15.4. The molecule has 0 aliphatic rings. The maximum Gasteiger partial charge on any atom is 0.326 e. The number of aryl methyl sites for hydroxylation is 1. The minimum atomic E-state index is -0.277. The third-order valence-corrected chi connectivity index (χ3v) is 4.90. The van der Waals surface area contributed by atoms with Crippen LogP contribution in [0.15, 0.2) is 57.7 Å². The Morgan fingerprint density at radius 3 is 2.70 bits per heavy atom. The summed E-state index contributed by atoms with van der Waals surface area (Å²) in [6, 6.07) is 15.2. The van der Waals surface area contributed by atoms with Crippen molar-refractivity contribution in [3.05, 3.63) is 70.3 Å². The Kier molecular flexibility index (Phi) is 4.32. The number of hydrogen-bond donors (Lipinski definition) is 1. The van der Waals surface area contributed by atoms with Crippen LogP contribution < -0.4 is 5.69 Å². The third-order valence-electron chi connectivity index (χ3n) is 4.90. The minimum absolute atomic E-state index is 0.00338. The number of rotatable bonds is 5. The van der Waals surface area contributed by atoms with Crippen LogP contribution in [0, 0.1) is 0 Å². The van der Waals surface area contributed by atoms with E-state index >= 15 is 0 Å². The van der Waals surface area contributed by atoms with Crippen LogP contribution in [0.4, 0.5) is 0 Å². The van der Waals surface area contributed by atoms with E-state index in [1.165, 1.54) is 4.57 Å². The lowest BCUT2D eigenvalue weighted by atomic mass is 10.1. The maximum atomic E-state index is 12.8. The lowest BCUT2D eigenvalue weighted by molar-refractivity contribution is -0.131. The van der Waals surface area contributed by atoms with E-state index in [2.05, 4.69) is 4.98 Å². The lowest BCUT2D eigenvalue weighted by Crippen LogP contribution is -2.33. The molecule has 4 rings (SSSR count).